The molecule has 2 rings (SSSR count). The average Bonchev–Trinajstić information content (AvgIpc) is 2.60. The fourth-order valence-corrected chi connectivity index (χ4v) is 2.29. The van der Waals surface area contributed by atoms with E-state index in [1.54, 1.807) is 0 Å². The third kappa shape index (κ3) is 5.22. The van der Waals surface area contributed by atoms with E-state index in [2.05, 4.69) is 15.9 Å². The molecule has 2 aromatic carbocycles. The summed E-state index contributed by atoms with van der Waals surface area (Å²) >= 11 is 3.19. The van der Waals surface area contributed by atoms with Crippen molar-refractivity contribution >= 4 is 33.8 Å². The van der Waals surface area contributed by atoms with Crippen molar-refractivity contribution in [2.45, 2.75) is 0 Å². The number of halogens is 3. The van der Waals surface area contributed by atoms with Gasteiger partial charge in [0.25, 0.3) is 0 Å². The molecule has 0 aliphatic rings. The fraction of sp³-hybridized carbons (Fsp3) is 0.111. The summed E-state index contributed by atoms with van der Waals surface area (Å²) < 4.78 is 37.3. The summed E-state index contributed by atoms with van der Waals surface area (Å²) in [5.74, 6) is -2.58. The minimum absolute atomic E-state index is 0.00697. The number of methoxy groups -OCH3 is 1. The maximum absolute atomic E-state index is 13.6. The minimum atomic E-state index is -0.818. The zero-order valence-electron chi connectivity index (χ0n) is 13.1. The summed E-state index contributed by atoms with van der Waals surface area (Å²) in [7, 11) is 1.31. The number of esters is 1. The molecule has 0 spiro atoms. The molecular formula is C18H13BrF2O4. The third-order valence-electron chi connectivity index (χ3n) is 3.18. The van der Waals surface area contributed by atoms with Gasteiger partial charge < -0.3 is 9.47 Å². The van der Waals surface area contributed by atoms with Gasteiger partial charge >= 0.3 is 5.97 Å². The van der Waals surface area contributed by atoms with Crippen LogP contribution in [0.4, 0.5) is 8.78 Å². The molecule has 0 saturated heterocycles. The molecule has 25 heavy (non-hydrogen) atoms. The van der Waals surface area contributed by atoms with Crippen molar-refractivity contribution in [1.29, 1.82) is 0 Å². The van der Waals surface area contributed by atoms with Crippen LogP contribution in [0.15, 0.2) is 46.9 Å². The van der Waals surface area contributed by atoms with E-state index in [1.807, 2.05) is 0 Å². The lowest BCUT2D eigenvalue weighted by Gasteiger charge is -2.05. The monoisotopic (exact) mass is 410 g/mol. The van der Waals surface area contributed by atoms with Crippen LogP contribution in [0.2, 0.25) is 0 Å². The largest absolute Gasteiger partial charge is 0.494 e. The van der Waals surface area contributed by atoms with Crippen molar-refractivity contribution in [3.8, 4) is 5.75 Å². The maximum atomic E-state index is 13.6. The van der Waals surface area contributed by atoms with Crippen LogP contribution in [0.25, 0.3) is 6.08 Å². The van der Waals surface area contributed by atoms with Crippen molar-refractivity contribution in [3.63, 3.8) is 0 Å². The summed E-state index contributed by atoms with van der Waals surface area (Å²) in [5, 5.41) is 0. The van der Waals surface area contributed by atoms with E-state index < -0.39 is 30.0 Å². The molecule has 0 unspecified atom stereocenters. The number of ether oxygens (including phenoxy) is 2. The Bertz CT molecular complexity index is 834. The van der Waals surface area contributed by atoms with Crippen LogP contribution < -0.4 is 4.74 Å². The van der Waals surface area contributed by atoms with Gasteiger partial charge in [0, 0.05) is 21.7 Å². The fourth-order valence-electron chi connectivity index (χ4n) is 1.91. The molecule has 0 N–H and O–H groups in total. The van der Waals surface area contributed by atoms with Crippen LogP contribution in [0.3, 0.4) is 0 Å². The van der Waals surface area contributed by atoms with Gasteiger partial charge in [0.2, 0.25) is 0 Å². The van der Waals surface area contributed by atoms with Gasteiger partial charge in [-0.3, -0.25) is 4.79 Å². The van der Waals surface area contributed by atoms with Crippen LogP contribution in [-0.2, 0) is 9.53 Å². The number of carbonyl (C=O) groups is 2. The van der Waals surface area contributed by atoms with Crippen LogP contribution in [-0.4, -0.2) is 25.5 Å². The highest BCUT2D eigenvalue weighted by Gasteiger charge is 2.12. The number of carbonyl (C=O) groups excluding carboxylic acids is 2. The highest BCUT2D eigenvalue weighted by Crippen LogP contribution is 2.18. The highest BCUT2D eigenvalue weighted by molar-refractivity contribution is 9.10. The molecular weight excluding hydrogens is 398 g/mol. The molecule has 0 aliphatic carbocycles. The van der Waals surface area contributed by atoms with Crippen molar-refractivity contribution in [2.24, 2.45) is 0 Å². The van der Waals surface area contributed by atoms with Crippen LogP contribution in [0, 0.1) is 11.6 Å². The van der Waals surface area contributed by atoms with Gasteiger partial charge in [-0.25, -0.2) is 13.6 Å². The topological polar surface area (TPSA) is 52.6 Å². The molecule has 0 saturated carbocycles. The molecule has 7 heteroatoms. The Morgan fingerprint density at radius 1 is 1.12 bits per heavy atom. The summed E-state index contributed by atoms with van der Waals surface area (Å²) in [6, 6.07) is 7.94. The Balaban J connectivity index is 1.95. The predicted octanol–water partition coefficient (Wildman–Crippen LogP) is 4.18. The van der Waals surface area contributed by atoms with E-state index in [4.69, 9.17) is 9.47 Å². The molecule has 0 atom stereocenters. The number of benzene rings is 2. The molecule has 130 valence electrons. The molecule has 4 nitrogen and oxygen atoms in total. The van der Waals surface area contributed by atoms with Gasteiger partial charge in [0.1, 0.15) is 5.82 Å². The second-order valence-electron chi connectivity index (χ2n) is 4.88. The molecule has 0 aliphatic heterocycles. The van der Waals surface area contributed by atoms with E-state index >= 15 is 0 Å². The normalized spacial score (nSPS) is 10.7. The SMILES string of the molecule is COc1ccc(C(=O)COC(=O)/C=C/c2cc(Br)ccc2F)cc1F. The molecule has 0 aromatic heterocycles. The molecule has 0 heterocycles. The first-order valence-electron chi connectivity index (χ1n) is 7.07. The summed E-state index contributed by atoms with van der Waals surface area (Å²) in [6.07, 6.45) is 2.24. The van der Waals surface area contributed by atoms with Crippen molar-refractivity contribution in [1.82, 2.24) is 0 Å². The first-order valence-corrected chi connectivity index (χ1v) is 7.86. The quantitative estimate of drug-likeness (QED) is 0.407. The lowest BCUT2D eigenvalue weighted by molar-refractivity contribution is -0.136. The minimum Gasteiger partial charge on any atom is -0.494 e. The van der Waals surface area contributed by atoms with Crippen molar-refractivity contribution in [2.75, 3.05) is 13.7 Å². The van der Waals surface area contributed by atoms with Crippen LogP contribution in [0.5, 0.6) is 5.75 Å². The number of ketones is 1. The van der Waals surface area contributed by atoms with Crippen molar-refractivity contribution in [3.05, 3.63) is 69.7 Å². The smallest absolute Gasteiger partial charge is 0.331 e. The second kappa shape index (κ2) is 8.53. The summed E-state index contributed by atoms with van der Waals surface area (Å²) in [4.78, 5) is 23.5. The van der Waals surface area contributed by atoms with Crippen molar-refractivity contribution < 1.29 is 27.8 Å². The first-order chi connectivity index (χ1) is 11.9. The second-order valence-corrected chi connectivity index (χ2v) is 5.80. The van der Waals surface area contributed by atoms with E-state index in [0.29, 0.717) is 4.47 Å². The van der Waals surface area contributed by atoms with E-state index in [9.17, 15) is 18.4 Å². The molecule has 2 aromatic rings. The van der Waals surface area contributed by atoms with Gasteiger partial charge in [-0.15, -0.1) is 0 Å². The molecule has 0 fully saturated rings. The highest BCUT2D eigenvalue weighted by atomic mass is 79.9. The first kappa shape index (κ1) is 18.8. The molecule has 0 amide bonds. The van der Waals surface area contributed by atoms with Gasteiger partial charge in [-0.05, 0) is 42.5 Å². The Morgan fingerprint density at radius 3 is 2.56 bits per heavy atom. The van der Waals surface area contributed by atoms with Gasteiger partial charge in [0.15, 0.2) is 24.0 Å². The maximum Gasteiger partial charge on any atom is 0.331 e. The van der Waals surface area contributed by atoms with Gasteiger partial charge in [-0.2, -0.15) is 0 Å². The van der Waals surface area contributed by atoms with E-state index in [0.717, 1.165) is 12.1 Å². The Morgan fingerprint density at radius 2 is 1.88 bits per heavy atom. The number of rotatable bonds is 6. The van der Waals surface area contributed by atoms with E-state index in [1.165, 1.54) is 43.5 Å². The molecule has 0 bridgehead atoms. The predicted molar refractivity (Wildman–Crippen MR) is 91.4 cm³/mol. The summed E-state index contributed by atoms with van der Waals surface area (Å²) in [6.45, 7) is -0.560. The Kier molecular flexibility index (Phi) is 6.41. The Hall–Kier alpha value is -2.54. The van der Waals surface area contributed by atoms with Gasteiger partial charge in [-0.1, -0.05) is 15.9 Å². The van der Waals surface area contributed by atoms with Crippen LogP contribution in [0.1, 0.15) is 15.9 Å². The Labute approximate surface area is 151 Å². The number of hydrogen-bond acceptors (Lipinski definition) is 4. The third-order valence-corrected chi connectivity index (χ3v) is 3.67. The number of hydrogen-bond donors (Lipinski definition) is 0. The average molecular weight is 411 g/mol. The zero-order valence-corrected chi connectivity index (χ0v) is 14.7. The lowest BCUT2D eigenvalue weighted by Crippen LogP contribution is -2.12. The number of Topliss-reactive ketones (excluding diaryl/α,β-unsaturated/α-hetero) is 1. The standard InChI is InChI=1S/C18H13BrF2O4/c1-24-17-6-2-12(9-15(17)21)16(22)10-25-18(23)7-3-11-8-13(19)4-5-14(11)20/h2-9H,10H2,1H3/b7-3+. The van der Waals surface area contributed by atoms with Gasteiger partial charge in [0.05, 0.1) is 7.11 Å². The molecule has 0 radical (unpaired) electrons. The van der Waals surface area contributed by atoms with Crippen LogP contribution >= 0.6 is 15.9 Å². The zero-order chi connectivity index (χ0) is 18.4. The van der Waals surface area contributed by atoms with E-state index in [-0.39, 0.29) is 16.9 Å². The summed E-state index contributed by atoms with van der Waals surface area (Å²) in [5.41, 5.74) is 0.239. The lowest BCUT2D eigenvalue weighted by atomic mass is 10.1.